The number of halogens is 3. The van der Waals surface area contributed by atoms with Crippen LogP contribution in [0.1, 0.15) is 18.4 Å². The van der Waals surface area contributed by atoms with Gasteiger partial charge in [-0.3, -0.25) is 4.72 Å². The van der Waals surface area contributed by atoms with E-state index in [4.69, 9.17) is 18.0 Å². The zero-order valence-electron chi connectivity index (χ0n) is 11.0. The van der Waals surface area contributed by atoms with E-state index in [1.807, 2.05) is 0 Å². The second kappa shape index (κ2) is 7.08. The van der Waals surface area contributed by atoms with Crippen molar-refractivity contribution in [3.63, 3.8) is 0 Å². The maximum Gasteiger partial charge on any atom is 0.389 e. The predicted octanol–water partition coefficient (Wildman–Crippen LogP) is 2.60. The lowest BCUT2D eigenvalue weighted by Gasteiger charge is -2.10. The van der Waals surface area contributed by atoms with Crippen molar-refractivity contribution in [2.75, 3.05) is 10.5 Å². The molecule has 3 N–H and O–H groups in total. The summed E-state index contributed by atoms with van der Waals surface area (Å²) in [6.07, 6.45) is -5.55. The van der Waals surface area contributed by atoms with Gasteiger partial charge in [0.25, 0.3) is 0 Å². The van der Waals surface area contributed by atoms with Gasteiger partial charge in [-0.2, -0.15) is 13.2 Å². The Morgan fingerprint density at radius 2 is 1.81 bits per heavy atom. The molecule has 0 fully saturated rings. The largest absolute Gasteiger partial charge is 0.393 e. The Morgan fingerprint density at radius 3 is 2.29 bits per heavy atom. The van der Waals surface area contributed by atoms with Crippen molar-refractivity contribution in [2.45, 2.75) is 25.4 Å². The number of thiocarbonyl (C=S) groups is 1. The van der Waals surface area contributed by atoms with Crippen molar-refractivity contribution in [3.05, 3.63) is 29.8 Å². The molecule has 21 heavy (non-hydrogen) atoms. The van der Waals surface area contributed by atoms with E-state index >= 15 is 0 Å². The van der Waals surface area contributed by atoms with Gasteiger partial charge >= 0.3 is 6.18 Å². The summed E-state index contributed by atoms with van der Waals surface area (Å²) in [5, 5.41) is 0. The lowest BCUT2D eigenvalue weighted by molar-refractivity contribution is -0.134. The smallest absolute Gasteiger partial charge is 0.389 e. The molecule has 0 spiro atoms. The summed E-state index contributed by atoms with van der Waals surface area (Å²) in [7, 11) is -3.79. The number of nitrogens with one attached hydrogen (secondary N) is 1. The Hall–Kier alpha value is -1.35. The second-order valence-electron chi connectivity index (χ2n) is 4.48. The fourth-order valence-corrected chi connectivity index (χ4v) is 2.87. The summed E-state index contributed by atoms with van der Waals surface area (Å²) in [6, 6.07) is 6.31. The Balaban J connectivity index is 2.57. The quantitative estimate of drug-likeness (QED) is 0.749. The molecule has 1 rings (SSSR count). The highest BCUT2D eigenvalue weighted by molar-refractivity contribution is 7.92. The molecule has 1 aromatic rings. The van der Waals surface area contributed by atoms with Crippen LogP contribution in [0.3, 0.4) is 0 Å². The molecule has 0 unspecified atom stereocenters. The fourth-order valence-electron chi connectivity index (χ4n) is 1.59. The fraction of sp³-hybridized carbons (Fsp3) is 0.417. The van der Waals surface area contributed by atoms with Crippen LogP contribution in [-0.4, -0.2) is 25.3 Å². The standard InChI is InChI=1S/C12H15F3N2O2S2/c13-12(14,15)6-1-7-21(18,19)17-10-4-2-9(3-5-10)8-11(16)20/h2-5,17H,1,6-8H2,(H2,16,20). The molecule has 0 heterocycles. The molecule has 4 nitrogen and oxygen atoms in total. The van der Waals surface area contributed by atoms with E-state index in [1.54, 1.807) is 12.1 Å². The van der Waals surface area contributed by atoms with Gasteiger partial charge in [0.05, 0.1) is 10.7 Å². The molecule has 0 bridgehead atoms. The van der Waals surface area contributed by atoms with Crippen LogP contribution in [-0.2, 0) is 16.4 Å². The number of anilines is 1. The minimum absolute atomic E-state index is 0.286. The summed E-state index contributed by atoms with van der Waals surface area (Å²) in [5.74, 6) is -0.582. The van der Waals surface area contributed by atoms with Crippen LogP contribution in [0.5, 0.6) is 0 Å². The number of hydrogen-bond acceptors (Lipinski definition) is 3. The van der Waals surface area contributed by atoms with Gasteiger partial charge in [-0.25, -0.2) is 8.42 Å². The first-order valence-corrected chi connectivity index (χ1v) is 8.08. The van der Waals surface area contributed by atoms with E-state index < -0.39 is 34.8 Å². The first-order valence-electron chi connectivity index (χ1n) is 6.02. The molecule has 0 amide bonds. The molecular formula is C12H15F3N2O2S2. The summed E-state index contributed by atoms with van der Waals surface area (Å²) >= 11 is 4.75. The van der Waals surface area contributed by atoms with Crippen molar-refractivity contribution in [1.29, 1.82) is 0 Å². The number of benzene rings is 1. The van der Waals surface area contributed by atoms with Crippen LogP contribution in [0.25, 0.3) is 0 Å². The molecule has 0 aliphatic heterocycles. The summed E-state index contributed by atoms with van der Waals surface area (Å²) in [6.45, 7) is 0. The Kier molecular flexibility index (Phi) is 5.97. The zero-order chi connectivity index (χ0) is 16.1. The Bertz CT molecular complexity index is 584. The molecule has 0 radical (unpaired) electrons. The molecule has 0 aliphatic carbocycles. The van der Waals surface area contributed by atoms with Crippen LogP contribution in [0.4, 0.5) is 18.9 Å². The average molecular weight is 340 g/mol. The zero-order valence-corrected chi connectivity index (χ0v) is 12.6. The minimum Gasteiger partial charge on any atom is -0.393 e. The maximum absolute atomic E-state index is 12.0. The molecule has 0 saturated carbocycles. The van der Waals surface area contributed by atoms with Gasteiger partial charge in [0, 0.05) is 18.5 Å². The van der Waals surface area contributed by atoms with Gasteiger partial charge in [0.15, 0.2) is 0 Å². The highest BCUT2D eigenvalue weighted by Gasteiger charge is 2.27. The second-order valence-corrected chi connectivity index (χ2v) is 6.85. The van der Waals surface area contributed by atoms with E-state index in [0.717, 1.165) is 5.56 Å². The highest BCUT2D eigenvalue weighted by Crippen LogP contribution is 2.22. The molecule has 0 aliphatic rings. The molecular weight excluding hydrogens is 325 g/mol. The van der Waals surface area contributed by atoms with Gasteiger partial charge in [0.1, 0.15) is 0 Å². The lowest BCUT2D eigenvalue weighted by atomic mass is 10.1. The monoisotopic (exact) mass is 340 g/mol. The van der Waals surface area contributed by atoms with Gasteiger partial charge in [0.2, 0.25) is 10.0 Å². The van der Waals surface area contributed by atoms with Crippen molar-refractivity contribution in [1.82, 2.24) is 0 Å². The van der Waals surface area contributed by atoms with Crippen molar-refractivity contribution in [2.24, 2.45) is 5.73 Å². The third kappa shape index (κ3) is 7.86. The summed E-state index contributed by atoms with van der Waals surface area (Å²) < 4.78 is 61.4. The topological polar surface area (TPSA) is 72.2 Å². The van der Waals surface area contributed by atoms with E-state index in [-0.39, 0.29) is 5.69 Å². The summed E-state index contributed by atoms with van der Waals surface area (Å²) in [5.41, 5.74) is 6.49. The first kappa shape index (κ1) is 17.7. The van der Waals surface area contributed by atoms with Crippen LogP contribution in [0.2, 0.25) is 0 Å². The van der Waals surface area contributed by atoms with E-state index in [1.165, 1.54) is 12.1 Å². The van der Waals surface area contributed by atoms with Gasteiger partial charge in [-0.05, 0) is 24.1 Å². The van der Waals surface area contributed by atoms with Gasteiger partial charge in [-0.1, -0.05) is 24.4 Å². The number of nitrogens with two attached hydrogens (primary N) is 1. The molecule has 9 heteroatoms. The third-order valence-corrected chi connectivity index (χ3v) is 4.00. The highest BCUT2D eigenvalue weighted by atomic mass is 32.2. The Morgan fingerprint density at radius 1 is 1.24 bits per heavy atom. The SMILES string of the molecule is NC(=S)Cc1ccc(NS(=O)(=O)CCCC(F)(F)F)cc1. The number of alkyl halides is 3. The molecule has 0 atom stereocenters. The predicted molar refractivity (Wildman–Crippen MR) is 79.6 cm³/mol. The molecule has 118 valence electrons. The van der Waals surface area contributed by atoms with Crippen LogP contribution in [0.15, 0.2) is 24.3 Å². The number of hydrogen-bond donors (Lipinski definition) is 2. The molecule has 0 saturated heterocycles. The van der Waals surface area contributed by atoms with Crippen molar-refractivity contribution < 1.29 is 21.6 Å². The van der Waals surface area contributed by atoms with Crippen LogP contribution >= 0.6 is 12.2 Å². The van der Waals surface area contributed by atoms with E-state index in [0.29, 0.717) is 11.4 Å². The maximum atomic E-state index is 12.0. The third-order valence-electron chi connectivity index (χ3n) is 2.48. The van der Waals surface area contributed by atoms with Crippen molar-refractivity contribution >= 4 is 32.9 Å². The first-order chi connectivity index (χ1) is 9.57. The minimum atomic E-state index is -4.35. The van der Waals surface area contributed by atoms with Crippen molar-refractivity contribution in [3.8, 4) is 0 Å². The number of rotatable bonds is 7. The van der Waals surface area contributed by atoms with Crippen LogP contribution < -0.4 is 10.5 Å². The lowest BCUT2D eigenvalue weighted by Crippen LogP contribution is -2.19. The van der Waals surface area contributed by atoms with Gasteiger partial charge < -0.3 is 5.73 Å². The molecule has 0 aromatic heterocycles. The van der Waals surface area contributed by atoms with Gasteiger partial charge in [-0.15, -0.1) is 0 Å². The van der Waals surface area contributed by atoms with E-state index in [9.17, 15) is 21.6 Å². The Labute approximate surface area is 126 Å². The molecule has 1 aromatic carbocycles. The van der Waals surface area contributed by atoms with E-state index in [2.05, 4.69) is 4.72 Å². The average Bonchev–Trinajstić information content (AvgIpc) is 2.28. The van der Waals surface area contributed by atoms with Crippen LogP contribution in [0, 0.1) is 0 Å². The number of sulfonamides is 1. The summed E-state index contributed by atoms with van der Waals surface area (Å²) in [4.78, 5) is 0.315. The normalized spacial score (nSPS) is 12.1.